The first-order valence-electron chi connectivity index (χ1n) is 5.32. The number of aromatic nitrogens is 5. The Morgan fingerprint density at radius 2 is 2.33 bits per heavy atom. The molecule has 2 heterocycles. The van der Waals surface area contributed by atoms with Crippen LogP contribution in [0.25, 0.3) is 0 Å². The van der Waals surface area contributed by atoms with Gasteiger partial charge in [0.25, 0.3) is 0 Å². The average molecular weight is 251 g/mol. The van der Waals surface area contributed by atoms with Crippen molar-refractivity contribution in [1.82, 2.24) is 30.5 Å². The molecule has 3 N–H and O–H groups in total. The molecule has 96 valence electrons. The molecule has 0 atom stereocenters. The maximum Gasteiger partial charge on any atom is 0.237 e. The van der Waals surface area contributed by atoms with Gasteiger partial charge in [-0.3, -0.25) is 4.79 Å². The lowest BCUT2D eigenvalue weighted by molar-refractivity contribution is -0.119. The van der Waals surface area contributed by atoms with Crippen LogP contribution in [0.4, 0.5) is 0 Å². The van der Waals surface area contributed by atoms with Gasteiger partial charge in [-0.05, 0) is 0 Å². The Bertz CT molecular complexity index is 533. The van der Waals surface area contributed by atoms with Gasteiger partial charge in [0.15, 0.2) is 0 Å². The Balaban J connectivity index is 1.91. The van der Waals surface area contributed by atoms with Gasteiger partial charge in [0.05, 0.1) is 19.3 Å². The third kappa shape index (κ3) is 3.10. The van der Waals surface area contributed by atoms with Crippen LogP contribution in [-0.2, 0) is 17.9 Å². The van der Waals surface area contributed by atoms with Crippen LogP contribution in [-0.4, -0.2) is 37.6 Å². The zero-order valence-electron chi connectivity index (χ0n) is 9.83. The van der Waals surface area contributed by atoms with Crippen molar-refractivity contribution < 1.29 is 9.21 Å². The number of carbonyl (C=O) groups is 1. The molecule has 9 nitrogen and oxygen atoms in total. The van der Waals surface area contributed by atoms with E-state index in [9.17, 15) is 4.79 Å². The van der Waals surface area contributed by atoms with E-state index in [-0.39, 0.29) is 12.5 Å². The topological polar surface area (TPSA) is 125 Å². The van der Waals surface area contributed by atoms with Gasteiger partial charge >= 0.3 is 0 Å². The van der Waals surface area contributed by atoms with Crippen molar-refractivity contribution in [2.75, 3.05) is 6.54 Å². The van der Waals surface area contributed by atoms with Gasteiger partial charge in [-0.1, -0.05) is 5.21 Å². The molecular formula is C9H13N7O2. The summed E-state index contributed by atoms with van der Waals surface area (Å²) in [7, 11) is 0. The molecule has 1 amide bonds. The molecule has 0 aromatic carbocycles. The summed E-state index contributed by atoms with van der Waals surface area (Å²) in [5.74, 6) is 0.715. The smallest absolute Gasteiger partial charge is 0.237 e. The predicted molar refractivity (Wildman–Crippen MR) is 59.1 cm³/mol. The largest absolute Gasteiger partial charge is 0.424 e. The highest BCUT2D eigenvalue weighted by Gasteiger charge is 2.07. The summed E-state index contributed by atoms with van der Waals surface area (Å²) in [6, 6.07) is 0. The number of nitrogens with two attached hydrogens (primary N) is 1. The van der Waals surface area contributed by atoms with Crippen molar-refractivity contribution >= 4 is 5.91 Å². The molecular weight excluding hydrogens is 238 g/mol. The number of nitrogens with zero attached hydrogens (tertiary/aromatic N) is 5. The van der Waals surface area contributed by atoms with Gasteiger partial charge in [0.2, 0.25) is 17.7 Å². The minimum absolute atomic E-state index is 0.0462. The first kappa shape index (κ1) is 12.2. The standard InChI is InChI=1S/C9H13N7O2/c1-6-12-14-9(18-6)5-16-4-7(13-15-16)3-11-8(17)2-10/h4H,2-3,5,10H2,1H3,(H,11,17). The van der Waals surface area contributed by atoms with Crippen molar-refractivity contribution in [3.05, 3.63) is 23.7 Å². The number of aryl methyl sites for hydroxylation is 1. The highest BCUT2D eigenvalue weighted by atomic mass is 16.4. The fraction of sp³-hybridized carbons (Fsp3) is 0.444. The Morgan fingerprint density at radius 1 is 1.50 bits per heavy atom. The summed E-state index contributed by atoms with van der Waals surface area (Å²) in [6.07, 6.45) is 1.69. The van der Waals surface area contributed by atoms with Gasteiger partial charge in [-0.15, -0.1) is 15.3 Å². The third-order valence-corrected chi connectivity index (χ3v) is 2.10. The Labute approximate surface area is 102 Å². The second-order valence-corrected chi connectivity index (χ2v) is 3.60. The molecule has 2 rings (SSSR count). The molecule has 0 radical (unpaired) electrons. The van der Waals surface area contributed by atoms with Crippen LogP contribution in [0.1, 0.15) is 17.5 Å². The summed E-state index contributed by atoms with van der Waals surface area (Å²) >= 11 is 0. The monoisotopic (exact) mass is 251 g/mol. The fourth-order valence-corrected chi connectivity index (χ4v) is 1.30. The minimum atomic E-state index is -0.239. The molecule has 18 heavy (non-hydrogen) atoms. The number of amides is 1. The van der Waals surface area contributed by atoms with Gasteiger partial charge in [0, 0.05) is 6.92 Å². The molecule has 0 saturated heterocycles. The highest BCUT2D eigenvalue weighted by molar-refractivity contribution is 5.77. The Morgan fingerprint density at radius 3 is 3.00 bits per heavy atom. The normalized spacial score (nSPS) is 10.6. The molecule has 0 bridgehead atoms. The zero-order chi connectivity index (χ0) is 13.0. The number of rotatable bonds is 5. The Hall–Kier alpha value is -2.29. The number of carbonyl (C=O) groups excluding carboxylic acids is 1. The van der Waals surface area contributed by atoms with Crippen LogP contribution in [0, 0.1) is 6.92 Å². The summed E-state index contributed by atoms with van der Waals surface area (Å²) < 4.78 is 6.77. The van der Waals surface area contributed by atoms with E-state index in [0.717, 1.165) is 0 Å². The van der Waals surface area contributed by atoms with Crippen LogP contribution in [0.2, 0.25) is 0 Å². The number of hydrogen-bond acceptors (Lipinski definition) is 7. The quantitative estimate of drug-likeness (QED) is 0.668. The molecule has 0 unspecified atom stereocenters. The molecule has 0 aliphatic carbocycles. The van der Waals surface area contributed by atoms with Crippen LogP contribution < -0.4 is 11.1 Å². The van der Waals surface area contributed by atoms with E-state index < -0.39 is 0 Å². The molecule has 9 heteroatoms. The van der Waals surface area contributed by atoms with Gasteiger partial charge in [-0.2, -0.15) is 0 Å². The van der Waals surface area contributed by atoms with Crippen LogP contribution in [0.15, 0.2) is 10.6 Å². The first-order valence-corrected chi connectivity index (χ1v) is 5.32. The van der Waals surface area contributed by atoms with Gasteiger partial charge in [0.1, 0.15) is 12.2 Å². The van der Waals surface area contributed by atoms with E-state index >= 15 is 0 Å². The van der Waals surface area contributed by atoms with E-state index in [1.807, 2.05) is 0 Å². The van der Waals surface area contributed by atoms with Gasteiger partial charge in [-0.25, -0.2) is 4.68 Å². The fourth-order valence-electron chi connectivity index (χ4n) is 1.30. The molecule has 0 fully saturated rings. The second kappa shape index (κ2) is 5.36. The van der Waals surface area contributed by atoms with Crippen molar-refractivity contribution in [3.8, 4) is 0 Å². The van der Waals surface area contributed by atoms with E-state index in [1.165, 1.54) is 0 Å². The van der Waals surface area contributed by atoms with Crippen LogP contribution in [0.5, 0.6) is 0 Å². The average Bonchev–Trinajstić information content (AvgIpc) is 2.96. The van der Waals surface area contributed by atoms with E-state index in [2.05, 4.69) is 25.8 Å². The van der Waals surface area contributed by atoms with Gasteiger partial charge < -0.3 is 15.5 Å². The Kier molecular flexibility index (Phi) is 3.63. The highest BCUT2D eigenvalue weighted by Crippen LogP contribution is 2.01. The van der Waals surface area contributed by atoms with E-state index in [1.54, 1.807) is 17.8 Å². The SMILES string of the molecule is Cc1nnc(Cn2cc(CNC(=O)CN)nn2)o1. The molecule has 0 aliphatic heterocycles. The van der Waals surface area contributed by atoms with Crippen molar-refractivity contribution in [2.45, 2.75) is 20.0 Å². The van der Waals surface area contributed by atoms with Crippen LogP contribution >= 0.6 is 0 Å². The maximum atomic E-state index is 11.0. The minimum Gasteiger partial charge on any atom is -0.424 e. The van der Waals surface area contributed by atoms with Crippen molar-refractivity contribution in [2.24, 2.45) is 5.73 Å². The van der Waals surface area contributed by atoms with E-state index in [4.69, 9.17) is 10.2 Å². The number of nitrogens with one attached hydrogen (secondary N) is 1. The molecule has 2 aromatic heterocycles. The van der Waals surface area contributed by atoms with Crippen molar-refractivity contribution in [3.63, 3.8) is 0 Å². The lowest BCUT2D eigenvalue weighted by Gasteiger charge is -1.98. The van der Waals surface area contributed by atoms with Crippen LogP contribution in [0.3, 0.4) is 0 Å². The lowest BCUT2D eigenvalue weighted by atomic mass is 10.4. The molecule has 0 spiro atoms. The zero-order valence-corrected chi connectivity index (χ0v) is 9.83. The summed E-state index contributed by atoms with van der Waals surface area (Å²) in [6.45, 7) is 2.30. The van der Waals surface area contributed by atoms with E-state index in [0.29, 0.717) is 30.6 Å². The predicted octanol–water partition coefficient (Wildman–Crippen LogP) is -1.41. The summed E-state index contributed by atoms with van der Waals surface area (Å²) in [5.41, 5.74) is 5.80. The lowest BCUT2D eigenvalue weighted by Crippen LogP contribution is -2.29. The second-order valence-electron chi connectivity index (χ2n) is 3.60. The molecule has 2 aromatic rings. The summed E-state index contributed by atoms with van der Waals surface area (Å²) in [5, 5.41) is 17.9. The maximum absolute atomic E-state index is 11.0. The number of hydrogen-bond donors (Lipinski definition) is 2. The summed E-state index contributed by atoms with van der Waals surface area (Å²) in [4.78, 5) is 11.0. The molecule has 0 aliphatic rings. The first-order chi connectivity index (χ1) is 8.67. The van der Waals surface area contributed by atoms with Crippen molar-refractivity contribution in [1.29, 1.82) is 0 Å². The third-order valence-electron chi connectivity index (χ3n) is 2.10. The molecule has 0 saturated carbocycles.